The van der Waals surface area contributed by atoms with Crippen LogP contribution in [-0.4, -0.2) is 14.5 Å². The number of rotatable bonds is 2. The molecule has 5 heteroatoms. The van der Waals surface area contributed by atoms with Crippen LogP contribution in [0.25, 0.3) is 27.2 Å². The Morgan fingerprint density at radius 2 is 1.96 bits per heavy atom. The van der Waals surface area contributed by atoms with Crippen molar-refractivity contribution in [1.29, 1.82) is 0 Å². The lowest BCUT2D eigenvalue weighted by atomic mass is 10.1. The van der Waals surface area contributed by atoms with Crippen LogP contribution in [0.4, 0.5) is 0 Å². The van der Waals surface area contributed by atoms with Gasteiger partial charge in [-0.1, -0.05) is 0 Å². The zero-order valence-electron chi connectivity index (χ0n) is 13.8. The lowest BCUT2D eigenvalue weighted by Gasteiger charge is -2.09. The number of pyridine rings is 1. The van der Waals surface area contributed by atoms with E-state index in [9.17, 15) is 4.79 Å². The van der Waals surface area contributed by atoms with E-state index in [2.05, 4.69) is 46.3 Å². The molecule has 0 aliphatic heterocycles. The number of H-pyrrole nitrogens is 1. The molecule has 24 heavy (non-hydrogen) atoms. The number of aryl methyl sites for hydroxylation is 3. The third kappa shape index (κ3) is 2.47. The fourth-order valence-electron chi connectivity index (χ4n) is 2.98. The van der Waals surface area contributed by atoms with Crippen LogP contribution in [0.15, 0.2) is 46.7 Å². The molecule has 1 aromatic carbocycles. The standard InChI is InChI=1S/C19H17N3OS/c1-11-6-17(24-10-11)16-9-22(13(3)20-16)15-7-12(2)19-14(8-15)4-5-18(23)21-19/h4-10H,1-3H3,(H,21,23). The first-order valence-corrected chi connectivity index (χ1v) is 8.65. The molecule has 0 aliphatic carbocycles. The monoisotopic (exact) mass is 335 g/mol. The van der Waals surface area contributed by atoms with Crippen molar-refractivity contribution in [3.05, 3.63) is 69.2 Å². The molecule has 0 radical (unpaired) electrons. The highest BCUT2D eigenvalue weighted by atomic mass is 32.1. The summed E-state index contributed by atoms with van der Waals surface area (Å²) in [7, 11) is 0. The number of thiophene rings is 1. The van der Waals surface area contributed by atoms with Crippen LogP contribution in [0.3, 0.4) is 0 Å². The number of nitrogens with one attached hydrogen (secondary N) is 1. The van der Waals surface area contributed by atoms with Gasteiger partial charge in [0.05, 0.1) is 16.1 Å². The molecule has 120 valence electrons. The lowest BCUT2D eigenvalue weighted by Crippen LogP contribution is -2.04. The zero-order chi connectivity index (χ0) is 16.8. The summed E-state index contributed by atoms with van der Waals surface area (Å²) < 4.78 is 2.10. The number of aromatic amines is 1. The Morgan fingerprint density at radius 3 is 2.71 bits per heavy atom. The van der Waals surface area contributed by atoms with Crippen LogP contribution in [0, 0.1) is 20.8 Å². The Labute approximate surface area is 143 Å². The van der Waals surface area contributed by atoms with Crippen molar-refractivity contribution in [2.75, 3.05) is 0 Å². The number of hydrogen-bond donors (Lipinski definition) is 1. The number of benzene rings is 1. The Hall–Kier alpha value is -2.66. The molecular weight excluding hydrogens is 318 g/mol. The number of hydrogen-bond acceptors (Lipinski definition) is 3. The predicted octanol–water partition coefficient (Wildman–Crippen LogP) is 4.37. The molecule has 0 saturated heterocycles. The Balaban J connectivity index is 1.87. The number of fused-ring (bicyclic) bond motifs is 1. The van der Waals surface area contributed by atoms with Gasteiger partial charge in [-0.3, -0.25) is 4.79 Å². The summed E-state index contributed by atoms with van der Waals surface area (Å²) in [6.45, 7) is 6.12. The van der Waals surface area contributed by atoms with E-state index < -0.39 is 0 Å². The smallest absolute Gasteiger partial charge is 0.248 e. The average Bonchev–Trinajstić information content (AvgIpc) is 3.14. The summed E-state index contributed by atoms with van der Waals surface area (Å²) in [4.78, 5) is 20.3. The van der Waals surface area contributed by atoms with Crippen LogP contribution in [-0.2, 0) is 0 Å². The summed E-state index contributed by atoms with van der Waals surface area (Å²) in [5.41, 5.74) is 5.15. The number of nitrogens with zero attached hydrogens (tertiary/aromatic N) is 2. The fraction of sp³-hybridized carbons (Fsp3) is 0.158. The van der Waals surface area contributed by atoms with Gasteiger partial charge in [0.1, 0.15) is 5.82 Å². The third-order valence-electron chi connectivity index (χ3n) is 4.16. The van der Waals surface area contributed by atoms with E-state index in [4.69, 9.17) is 4.98 Å². The van der Waals surface area contributed by atoms with E-state index in [-0.39, 0.29) is 5.56 Å². The lowest BCUT2D eigenvalue weighted by molar-refractivity contribution is 0.975. The van der Waals surface area contributed by atoms with Gasteiger partial charge < -0.3 is 9.55 Å². The molecule has 0 amide bonds. The molecule has 0 saturated carbocycles. The molecule has 0 atom stereocenters. The fourth-order valence-corrected chi connectivity index (χ4v) is 3.84. The largest absolute Gasteiger partial charge is 0.322 e. The molecule has 0 spiro atoms. The van der Waals surface area contributed by atoms with Crippen LogP contribution in [0.1, 0.15) is 17.0 Å². The van der Waals surface area contributed by atoms with Crippen molar-refractivity contribution in [2.45, 2.75) is 20.8 Å². The first-order valence-electron chi connectivity index (χ1n) is 7.77. The molecule has 3 aromatic heterocycles. The van der Waals surface area contributed by atoms with Crippen molar-refractivity contribution in [1.82, 2.24) is 14.5 Å². The van der Waals surface area contributed by atoms with Crippen molar-refractivity contribution < 1.29 is 0 Å². The molecule has 0 fully saturated rings. The molecule has 4 aromatic rings. The van der Waals surface area contributed by atoms with Crippen molar-refractivity contribution in [3.8, 4) is 16.3 Å². The summed E-state index contributed by atoms with van der Waals surface area (Å²) in [5.74, 6) is 0.944. The molecule has 1 N–H and O–H groups in total. The van der Waals surface area contributed by atoms with E-state index in [0.29, 0.717) is 0 Å². The Kier molecular flexibility index (Phi) is 3.39. The molecule has 4 rings (SSSR count). The summed E-state index contributed by atoms with van der Waals surface area (Å²) in [6.07, 6.45) is 2.08. The topological polar surface area (TPSA) is 50.7 Å². The summed E-state index contributed by atoms with van der Waals surface area (Å²) in [5, 5.41) is 3.16. The van der Waals surface area contributed by atoms with E-state index in [0.717, 1.165) is 33.7 Å². The second kappa shape index (κ2) is 5.46. The average molecular weight is 335 g/mol. The highest BCUT2D eigenvalue weighted by Gasteiger charge is 2.11. The number of aromatic nitrogens is 3. The maximum Gasteiger partial charge on any atom is 0.248 e. The van der Waals surface area contributed by atoms with E-state index in [1.165, 1.54) is 10.4 Å². The van der Waals surface area contributed by atoms with Gasteiger partial charge in [-0.05, 0) is 61.5 Å². The minimum atomic E-state index is -0.0764. The van der Waals surface area contributed by atoms with Gasteiger partial charge in [0, 0.05) is 23.3 Å². The molecule has 0 bridgehead atoms. The third-order valence-corrected chi connectivity index (χ3v) is 5.23. The SMILES string of the molecule is Cc1csc(-c2cn(-c3cc(C)c4[nH]c(=O)ccc4c3)c(C)n2)c1. The van der Waals surface area contributed by atoms with Gasteiger partial charge in [-0.25, -0.2) is 4.98 Å². The summed E-state index contributed by atoms with van der Waals surface area (Å²) >= 11 is 1.71. The molecular formula is C19H17N3OS. The van der Waals surface area contributed by atoms with Crippen molar-refractivity contribution >= 4 is 22.2 Å². The second-order valence-corrected chi connectivity index (χ2v) is 6.99. The maximum absolute atomic E-state index is 11.5. The second-order valence-electron chi connectivity index (χ2n) is 6.08. The quantitative estimate of drug-likeness (QED) is 0.591. The first-order chi connectivity index (χ1) is 11.5. The van der Waals surface area contributed by atoms with Crippen molar-refractivity contribution in [3.63, 3.8) is 0 Å². The Bertz CT molecular complexity index is 1120. The minimum Gasteiger partial charge on any atom is -0.322 e. The van der Waals surface area contributed by atoms with Gasteiger partial charge in [0.25, 0.3) is 0 Å². The predicted molar refractivity (Wildman–Crippen MR) is 99.2 cm³/mol. The van der Waals surface area contributed by atoms with Crippen LogP contribution >= 0.6 is 11.3 Å². The first kappa shape index (κ1) is 14.9. The van der Waals surface area contributed by atoms with E-state index in [1.54, 1.807) is 17.4 Å². The van der Waals surface area contributed by atoms with Crippen LogP contribution in [0.2, 0.25) is 0 Å². The van der Waals surface area contributed by atoms with Crippen LogP contribution in [0.5, 0.6) is 0 Å². The van der Waals surface area contributed by atoms with Gasteiger partial charge in [-0.15, -0.1) is 11.3 Å². The molecule has 4 nitrogen and oxygen atoms in total. The van der Waals surface area contributed by atoms with Gasteiger partial charge >= 0.3 is 0 Å². The molecule has 0 unspecified atom stereocenters. The number of imidazole rings is 1. The summed E-state index contributed by atoms with van der Waals surface area (Å²) in [6, 6.07) is 9.74. The molecule has 3 heterocycles. The Morgan fingerprint density at radius 1 is 1.12 bits per heavy atom. The van der Waals surface area contributed by atoms with E-state index in [1.807, 2.05) is 19.9 Å². The van der Waals surface area contributed by atoms with Crippen LogP contribution < -0.4 is 5.56 Å². The minimum absolute atomic E-state index is 0.0764. The highest BCUT2D eigenvalue weighted by Crippen LogP contribution is 2.28. The normalized spacial score (nSPS) is 11.3. The molecule has 0 aliphatic rings. The maximum atomic E-state index is 11.5. The van der Waals surface area contributed by atoms with Crippen molar-refractivity contribution in [2.24, 2.45) is 0 Å². The van der Waals surface area contributed by atoms with E-state index >= 15 is 0 Å². The van der Waals surface area contributed by atoms with Gasteiger partial charge in [0.15, 0.2) is 0 Å². The van der Waals surface area contributed by atoms with Gasteiger partial charge in [-0.2, -0.15) is 0 Å². The van der Waals surface area contributed by atoms with Gasteiger partial charge in [0.2, 0.25) is 5.56 Å². The zero-order valence-corrected chi connectivity index (χ0v) is 14.6. The highest BCUT2D eigenvalue weighted by molar-refractivity contribution is 7.13.